The molecule has 0 aliphatic heterocycles. The number of rotatable bonds is 13. The van der Waals surface area contributed by atoms with Gasteiger partial charge in [0.25, 0.3) is 5.91 Å². The number of hydrogen-bond donors (Lipinski definition) is 1. The third-order valence-electron chi connectivity index (χ3n) is 7.74. The van der Waals surface area contributed by atoms with E-state index in [4.69, 9.17) is 5.10 Å². The van der Waals surface area contributed by atoms with Crippen molar-refractivity contribution in [2.75, 3.05) is 18.4 Å². The Morgan fingerprint density at radius 1 is 0.837 bits per heavy atom. The van der Waals surface area contributed by atoms with E-state index in [1.165, 1.54) is 24.8 Å². The fourth-order valence-electron chi connectivity index (χ4n) is 5.09. The SMILES string of the molecule is CCCCCCc1ccc(C(=O)N(CCc2ccccc2)CC(=O)Nc2cc(C(C)(C)C)nn2-c2ccccc2C)cc1. The van der Waals surface area contributed by atoms with E-state index in [9.17, 15) is 9.59 Å². The van der Waals surface area contributed by atoms with E-state index in [2.05, 4.69) is 33.0 Å². The maximum absolute atomic E-state index is 13.8. The summed E-state index contributed by atoms with van der Waals surface area (Å²) in [5, 5.41) is 7.94. The van der Waals surface area contributed by atoms with Gasteiger partial charge in [0, 0.05) is 23.6 Å². The van der Waals surface area contributed by atoms with Crippen molar-refractivity contribution in [1.29, 1.82) is 0 Å². The van der Waals surface area contributed by atoms with Crippen LogP contribution in [-0.2, 0) is 23.1 Å². The minimum absolute atomic E-state index is 0.0613. The van der Waals surface area contributed by atoms with Crippen molar-refractivity contribution in [3.63, 3.8) is 0 Å². The van der Waals surface area contributed by atoms with E-state index in [1.807, 2.05) is 91.9 Å². The third kappa shape index (κ3) is 8.90. The Kier molecular flexibility index (Phi) is 10.9. The summed E-state index contributed by atoms with van der Waals surface area (Å²) in [6.45, 7) is 10.9. The molecule has 6 heteroatoms. The molecular formula is C37H46N4O2. The first-order chi connectivity index (χ1) is 20.7. The predicted octanol–water partition coefficient (Wildman–Crippen LogP) is 7.92. The Morgan fingerprint density at radius 2 is 1.51 bits per heavy atom. The maximum Gasteiger partial charge on any atom is 0.254 e. The number of hydrogen-bond acceptors (Lipinski definition) is 3. The molecule has 0 unspecified atom stereocenters. The zero-order valence-electron chi connectivity index (χ0n) is 26.4. The van der Waals surface area contributed by atoms with Crippen LogP contribution in [0.15, 0.2) is 84.9 Å². The highest BCUT2D eigenvalue weighted by atomic mass is 16.2. The third-order valence-corrected chi connectivity index (χ3v) is 7.74. The number of nitrogens with zero attached hydrogens (tertiary/aromatic N) is 3. The molecule has 1 N–H and O–H groups in total. The van der Waals surface area contributed by atoms with Crippen LogP contribution in [0, 0.1) is 6.92 Å². The molecule has 1 heterocycles. The second kappa shape index (κ2) is 14.8. The zero-order valence-corrected chi connectivity index (χ0v) is 26.4. The highest BCUT2D eigenvalue weighted by Gasteiger charge is 2.24. The summed E-state index contributed by atoms with van der Waals surface area (Å²) in [7, 11) is 0. The molecule has 43 heavy (non-hydrogen) atoms. The number of carbonyl (C=O) groups is 2. The van der Waals surface area contributed by atoms with Gasteiger partial charge < -0.3 is 10.2 Å². The van der Waals surface area contributed by atoms with Gasteiger partial charge in [0.05, 0.1) is 11.4 Å². The van der Waals surface area contributed by atoms with Gasteiger partial charge in [-0.2, -0.15) is 5.10 Å². The van der Waals surface area contributed by atoms with Crippen molar-refractivity contribution in [3.05, 3.63) is 113 Å². The molecule has 0 bridgehead atoms. The van der Waals surface area contributed by atoms with Crippen LogP contribution in [-0.4, -0.2) is 39.6 Å². The van der Waals surface area contributed by atoms with Crippen molar-refractivity contribution in [2.24, 2.45) is 0 Å². The van der Waals surface area contributed by atoms with E-state index < -0.39 is 0 Å². The average molecular weight is 579 g/mol. The van der Waals surface area contributed by atoms with Gasteiger partial charge >= 0.3 is 0 Å². The second-order valence-electron chi connectivity index (χ2n) is 12.4. The van der Waals surface area contributed by atoms with Crippen LogP contribution in [0.2, 0.25) is 0 Å². The molecule has 0 fully saturated rings. The molecule has 1 aromatic heterocycles. The number of benzene rings is 3. The quantitative estimate of drug-likeness (QED) is 0.164. The van der Waals surface area contributed by atoms with Gasteiger partial charge in [0.1, 0.15) is 12.4 Å². The van der Waals surface area contributed by atoms with Crippen molar-refractivity contribution < 1.29 is 9.59 Å². The largest absolute Gasteiger partial charge is 0.329 e. The molecule has 0 spiro atoms. The summed E-state index contributed by atoms with van der Waals surface area (Å²) in [6.07, 6.45) is 6.51. The summed E-state index contributed by atoms with van der Waals surface area (Å²) in [4.78, 5) is 29.0. The number of aryl methyl sites for hydroxylation is 2. The highest BCUT2D eigenvalue weighted by molar-refractivity contribution is 5.99. The van der Waals surface area contributed by atoms with E-state index in [0.717, 1.165) is 35.3 Å². The summed E-state index contributed by atoms with van der Waals surface area (Å²) < 4.78 is 1.79. The molecule has 0 saturated heterocycles. The van der Waals surface area contributed by atoms with E-state index >= 15 is 0 Å². The van der Waals surface area contributed by atoms with Crippen LogP contribution in [0.3, 0.4) is 0 Å². The fourth-order valence-corrected chi connectivity index (χ4v) is 5.09. The van der Waals surface area contributed by atoms with E-state index in [0.29, 0.717) is 24.3 Å². The van der Waals surface area contributed by atoms with Crippen molar-refractivity contribution >= 4 is 17.6 Å². The molecule has 4 aromatic rings. The van der Waals surface area contributed by atoms with Gasteiger partial charge in [-0.05, 0) is 61.1 Å². The van der Waals surface area contributed by atoms with Crippen LogP contribution in [0.25, 0.3) is 5.69 Å². The highest BCUT2D eigenvalue weighted by Crippen LogP contribution is 2.27. The number of amides is 2. The first-order valence-corrected chi connectivity index (χ1v) is 15.5. The van der Waals surface area contributed by atoms with Crippen LogP contribution < -0.4 is 5.32 Å². The van der Waals surface area contributed by atoms with Gasteiger partial charge in [-0.1, -0.05) is 108 Å². The lowest BCUT2D eigenvalue weighted by Crippen LogP contribution is -2.39. The van der Waals surface area contributed by atoms with Crippen molar-refractivity contribution in [3.8, 4) is 5.69 Å². The Balaban J connectivity index is 1.54. The molecule has 0 aliphatic rings. The molecule has 3 aromatic carbocycles. The maximum atomic E-state index is 13.8. The van der Waals surface area contributed by atoms with Crippen LogP contribution in [0.4, 0.5) is 5.82 Å². The number of nitrogens with one attached hydrogen (secondary N) is 1. The number of para-hydroxylation sites is 1. The zero-order chi connectivity index (χ0) is 30.8. The minimum Gasteiger partial charge on any atom is -0.329 e. The molecule has 0 aliphatic carbocycles. The fraction of sp³-hybridized carbons (Fsp3) is 0.378. The van der Waals surface area contributed by atoms with E-state index in [1.54, 1.807) is 9.58 Å². The molecule has 4 rings (SSSR count). The van der Waals surface area contributed by atoms with Crippen LogP contribution >= 0.6 is 0 Å². The second-order valence-corrected chi connectivity index (χ2v) is 12.4. The molecule has 6 nitrogen and oxygen atoms in total. The van der Waals surface area contributed by atoms with Gasteiger partial charge in [-0.25, -0.2) is 4.68 Å². The van der Waals surface area contributed by atoms with Crippen LogP contribution in [0.5, 0.6) is 0 Å². The van der Waals surface area contributed by atoms with Crippen molar-refractivity contribution in [2.45, 2.75) is 78.6 Å². The lowest BCUT2D eigenvalue weighted by molar-refractivity contribution is -0.116. The lowest BCUT2D eigenvalue weighted by atomic mass is 9.92. The Labute approximate surface area is 257 Å². The van der Waals surface area contributed by atoms with E-state index in [-0.39, 0.29) is 23.8 Å². The molecule has 0 saturated carbocycles. The number of carbonyl (C=O) groups excluding carboxylic acids is 2. The summed E-state index contributed by atoms with van der Waals surface area (Å²) in [6, 6.07) is 27.8. The molecule has 0 atom stereocenters. The minimum atomic E-state index is -0.260. The lowest BCUT2D eigenvalue weighted by Gasteiger charge is -2.23. The molecular weight excluding hydrogens is 532 g/mol. The summed E-state index contributed by atoms with van der Waals surface area (Å²) in [5.41, 5.74) is 5.58. The van der Waals surface area contributed by atoms with Gasteiger partial charge in [0.15, 0.2) is 0 Å². The van der Waals surface area contributed by atoms with Gasteiger partial charge in [0.2, 0.25) is 5.91 Å². The van der Waals surface area contributed by atoms with Crippen molar-refractivity contribution in [1.82, 2.24) is 14.7 Å². The normalized spacial score (nSPS) is 11.4. The monoisotopic (exact) mass is 578 g/mol. The number of unbranched alkanes of at least 4 members (excludes halogenated alkanes) is 3. The Bertz CT molecular complexity index is 1480. The first kappa shape index (κ1) is 31.7. The molecule has 2 amide bonds. The average Bonchev–Trinajstić information content (AvgIpc) is 3.42. The smallest absolute Gasteiger partial charge is 0.254 e. The number of aromatic nitrogens is 2. The summed E-state index contributed by atoms with van der Waals surface area (Å²) in [5.74, 6) is 0.183. The number of anilines is 1. The standard InChI is InChI=1S/C37H46N4O2/c1-6-7-8-10-18-30-20-22-31(23-21-30)36(43)40(25-24-29-16-11-9-12-17-29)27-35(42)38-34-26-33(37(3,4)5)39-41(34)32-19-14-13-15-28(32)2/h9,11-17,19-23,26H,6-8,10,18,24-25,27H2,1-5H3,(H,38,42). The molecule has 226 valence electrons. The summed E-state index contributed by atoms with van der Waals surface area (Å²) >= 11 is 0. The Hall–Kier alpha value is -4.19. The van der Waals surface area contributed by atoms with Gasteiger partial charge in [-0.3, -0.25) is 9.59 Å². The first-order valence-electron chi connectivity index (χ1n) is 15.5. The predicted molar refractivity (Wildman–Crippen MR) is 176 cm³/mol. The topological polar surface area (TPSA) is 67.2 Å². The Morgan fingerprint density at radius 3 is 2.19 bits per heavy atom. The van der Waals surface area contributed by atoms with Gasteiger partial charge in [-0.15, -0.1) is 0 Å². The van der Waals surface area contributed by atoms with Crippen LogP contribution in [0.1, 0.15) is 86.1 Å². The molecule has 0 radical (unpaired) electrons.